The summed E-state index contributed by atoms with van der Waals surface area (Å²) < 4.78 is 6.51. The van der Waals surface area contributed by atoms with E-state index in [1.54, 1.807) is 0 Å². The van der Waals surface area contributed by atoms with Crippen molar-refractivity contribution in [2.24, 2.45) is 46.3 Å². The highest BCUT2D eigenvalue weighted by Crippen LogP contribution is 2.74. The quantitative estimate of drug-likeness (QED) is 0.525. The smallest absolute Gasteiger partial charge is 0.103 e. The van der Waals surface area contributed by atoms with Crippen LogP contribution in [-0.2, 0) is 4.74 Å². The SMILES string of the molecule is CC(C)CCC[C@@H](C)[C@H]1CC[C@H]2[C@@H]3C[C@H]4OC45C[C@@H](O)CC[C@]5(C)[C@H]3CC[C@]12C. The molecule has 0 radical (unpaired) electrons. The molecule has 4 saturated carbocycles. The van der Waals surface area contributed by atoms with E-state index in [-0.39, 0.29) is 11.7 Å². The second-order valence-corrected chi connectivity index (χ2v) is 13.0. The van der Waals surface area contributed by atoms with E-state index < -0.39 is 0 Å². The van der Waals surface area contributed by atoms with Gasteiger partial charge in [-0.05, 0) is 85.9 Å². The lowest BCUT2D eigenvalue weighted by Crippen LogP contribution is -2.58. The van der Waals surface area contributed by atoms with Gasteiger partial charge in [-0.2, -0.15) is 0 Å². The van der Waals surface area contributed by atoms with E-state index in [2.05, 4.69) is 34.6 Å². The van der Waals surface area contributed by atoms with Gasteiger partial charge < -0.3 is 9.84 Å². The van der Waals surface area contributed by atoms with E-state index >= 15 is 0 Å². The molecular weight excluding hydrogens is 356 g/mol. The van der Waals surface area contributed by atoms with E-state index in [0.717, 1.165) is 48.3 Å². The third kappa shape index (κ3) is 2.94. The third-order valence-electron chi connectivity index (χ3n) is 11.3. The van der Waals surface area contributed by atoms with Gasteiger partial charge in [-0.1, -0.05) is 53.9 Å². The van der Waals surface area contributed by atoms with E-state index in [0.29, 0.717) is 16.9 Å². The molecule has 0 amide bonds. The molecule has 1 saturated heterocycles. The highest BCUT2D eigenvalue weighted by molar-refractivity contribution is 5.24. The van der Waals surface area contributed by atoms with Crippen molar-refractivity contribution in [2.75, 3.05) is 0 Å². The Bertz CT molecular complexity index is 630. The maximum Gasteiger partial charge on any atom is 0.103 e. The summed E-state index contributed by atoms with van der Waals surface area (Å²) in [4.78, 5) is 0. The van der Waals surface area contributed by atoms with Crippen LogP contribution in [0.2, 0.25) is 0 Å². The zero-order chi connectivity index (χ0) is 20.6. The molecule has 10 atom stereocenters. The number of hydrogen-bond acceptors (Lipinski definition) is 2. The van der Waals surface area contributed by atoms with Gasteiger partial charge in [0, 0.05) is 11.8 Å². The third-order valence-corrected chi connectivity index (χ3v) is 11.3. The molecule has 0 aromatic heterocycles. The summed E-state index contributed by atoms with van der Waals surface area (Å²) in [5.41, 5.74) is 0.932. The van der Waals surface area contributed by atoms with Crippen molar-refractivity contribution >= 4 is 0 Å². The minimum Gasteiger partial charge on any atom is -0.393 e. The van der Waals surface area contributed by atoms with E-state index in [1.807, 2.05) is 0 Å². The van der Waals surface area contributed by atoms with Gasteiger partial charge in [-0.25, -0.2) is 0 Å². The summed E-state index contributed by atoms with van der Waals surface area (Å²) in [6.07, 6.45) is 14.8. The average molecular weight is 403 g/mol. The van der Waals surface area contributed by atoms with Crippen molar-refractivity contribution in [3.05, 3.63) is 0 Å². The molecule has 0 bridgehead atoms. The molecule has 5 rings (SSSR count). The number of fused-ring (bicyclic) bond motifs is 4. The number of rotatable bonds is 5. The molecule has 1 spiro atoms. The Morgan fingerprint density at radius 1 is 0.966 bits per heavy atom. The topological polar surface area (TPSA) is 32.8 Å². The van der Waals surface area contributed by atoms with Crippen molar-refractivity contribution < 1.29 is 9.84 Å². The van der Waals surface area contributed by atoms with Gasteiger partial charge in [0.25, 0.3) is 0 Å². The van der Waals surface area contributed by atoms with Crippen LogP contribution in [0.5, 0.6) is 0 Å². The van der Waals surface area contributed by atoms with Crippen LogP contribution >= 0.6 is 0 Å². The summed E-state index contributed by atoms with van der Waals surface area (Å²) in [5.74, 6) is 5.31. The highest BCUT2D eigenvalue weighted by Gasteiger charge is 2.76. The summed E-state index contributed by atoms with van der Waals surface area (Å²) >= 11 is 0. The first-order chi connectivity index (χ1) is 13.7. The van der Waals surface area contributed by atoms with Gasteiger partial charge in [0.2, 0.25) is 0 Å². The predicted octanol–water partition coefficient (Wildman–Crippen LogP) is 6.60. The Morgan fingerprint density at radius 2 is 1.76 bits per heavy atom. The number of ether oxygens (including phenoxy) is 1. The molecule has 0 aromatic carbocycles. The second kappa shape index (κ2) is 6.96. The van der Waals surface area contributed by atoms with Crippen molar-refractivity contribution in [1.29, 1.82) is 0 Å². The maximum atomic E-state index is 10.4. The molecular formula is C27H46O2. The highest BCUT2D eigenvalue weighted by atomic mass is 16.6. The number of aliphatic hydroxyl groups is 1. The molecule has 2 heteroatoms. The Hall–Kier alpha value is -0.0800. The molecule has 5 aliphatic rings. The van der Waals surface area contributed by atoms with Crippen molar-refractivity contribution in [1.82, 2.24) is 0 Å². The van der Waals surface area contributed by atoms with Crippen molar-refractivity contribution in [3.63, 3.8) is 0 Å². The zero-order valence-corrected chi connectivity index (χ0v) is 19.8. The van der Waals surface area contributed by atoms with Crippen LogP contribution in [-0.4, -0.2) is 22.9 Å². The Labute approximate surface area is 179 Å². The van der Waals surface area contributed by atoms with Crippen LogP contribution < -0.4 is 0 Å². The first-order valence-electron chi connectivity index (χ1n) is 13.1. The fraction of sp³-hybridized carbons (Fsp3) is 1.00. The number of aliphatic hydroxyl groups excluding tert-OH is 1. The molecule has 1 heterocycles. The van der Waals surface area contributed by atoms with Crippen LogP contribution in [0.25, 0.3) is 0 Å². The largest absolute Gasteiger partial charge is 0.393 e. The van der Waals surface area contributed by atoms with Crippen molar-refractivity contribution in [3.8, 4) is 0 Å². The first-order valence-corrected chi connectivity index (χ1v) is 13.1. The normalized spacial score (nSPS) is 54.3. The maximum absolute atomic E-state index is 10.4. The van der Waals surface area contributed by atoms with Crippen LogP contribution in [0.3, 0.4) is 0 Å². The van der Waals surface area contributed by atoms with Crippen molar-refractivity contribution in [2.45, 2.75) is 123 Å². The Morgan fingerprint density at radius 3 is 2.52 bits per heavy atom. The van der Waals surface area contributed by atoms with Gasteiger partial charge >= 0.3 is 0 Å². The Kier molecular flexibility index (Phi) is 4.99. The van der Waals surface area contributed by atoms with Crippen LogP contribution in [0.1, 0.15) is 105 Å². The molecule has 29 heavy (non-hydrogen) atoms. The molecule has 1 aliphatic heterocycles. The van der Waals surface area contributed by atoms with Gasteiger partial charge in [-0.15, -0.1) is 0 Å². The van der Waals surface area contributed by atoms with Gasteiger partial charge in [-0.3, -0.25) is 0 Å². The van der Waals surface area contributed by atoms with Crippen LogP contribution in [0, 0.1) is 46.3 Å². The summed E-state index contributed by atoms with van der Waals surface area (Å²) in [7, 11) is 0. The lowest BCUT2D eigenvalue weighted by Gasteiger charge is -2.59. The number of epoxide rings is 1. The fourth-order valence-corrected chi connectivity index (χ4v) is 9.68. The lowest BCUT2D eigenvalue weighted by molar-refractivity contribution is -0.116. The summed E-state index contributed by atoms with van der Waals surface area (Å²) in [6.45, 7) is 12.6. The van der Waals surface area contributed by atoms with E-state index in [9.17, 15) is 5.11 Å². The van der Waals surface area contributed by atoms with Gasteiger partial charge in [0.15, 0.2) is 0 Å². The zero-order valence-electron chi connectivity index (χ0n) is 19.8. The van der Waals surface area contributed by atoms with Gasteiger partial charge in [0.1, 0.15) is 5.60 Å². The standard InChI is InChI=1S/C27H46O2/c1-17(2)7-6-8-18(3)21-9-10-22-20-15-24-27(29-24)16-19(28)11-14-26(27,5)23(20)12-13-25(21,22)4/h17-24,28H,6-16H2,1-5H3/t18-,19+,20+,21-,22+,23+,24-,25-,26-,27?/m1/s1. The molecule has 1 unspecified atom stereocenters. The van der Waals surface area contributed by atoms with Gasteiger partial charge in [0.05, 0.1) is 12.2 Å². The minimum absolute atomic E-state index is 0.0434. The molecule has 5 fully saturated rings. The minimum atomic E-state index is -0.124. The second-order valence-electron chi connectivity index (χ2n) is 13.0. The monoisotopic (exact) mass is 402 g/mol. The van der Waals surface area contributed by atoms with E-state index in [4.69, 9.17) is 4.74 Å². The fourth-order valence-electron chi connectivity index (χ4n) is 9.68. The van der Waals surface area contributed by atoms with Crippen LogP contribution in [0.15, 0.2) is 0 Å². The summed E-state index contributed by atoms with van der Waals surface area (Å²) in [5, 5.41) is 10.4. The number of hydrogen-bond donors (Lipinski definition) is 1. The molecule has 0 aromatic rings. The molecule has 166 valence electrons. The molecule has 4 aliphatic carbocycles. The first kappa shape index (κ1) is 20.8. The predicted molar refractivity (Wildman–Crippen MR) is 119 cm³/mol. The Balaban J connectivity index is 1.33. The summed E-state index contributed by atoms with van der Waals surface area (Å²) in [6, 6.07) is 0. The molecule has 1 N–H and O–H groups in total. The molecule has 2 nitrogen and oxygen atoms in total. The van der Waals surface area contributed by atoms with Crippen LogP contribution in [0.4, 0.5) is 0 Å². The lowest BCUT2D eigenvalue weighted by atomic mass is 9.44. The average Bonchev–Trinajstić information content (AvgIpc) is 3.22. The van der Waals surface area contributed by atoms with E-state index in [1.165, 1.54) is 57.8 Å².